The molecule has 3 atom stereocenters. The molecule has 2 nitrogen and oxygen atoms in total. The van der Waals surface area contributed by atoms with E-state index in [4.69, 9.17) is 0 Å². The quantitative estimate of drug-likeness (QED) is 0.779. The van der Waals surface area contributed by atoms with Gasteiger partial charge < -0.3 is 5.32 Å². The molecule has 3 rings (SSSR count). The van der Waals surface area contributed by atoms with Crippen LogP contribution in [0.4, 0.5) is 0 Å². The summed E-state index contributed by atoms with van der Waals surface area (Å²) in [5, 5.41) is 3.49. The van der Waals surface area contributed by atoms with Crippen molar-refractivity contribution >= 4 is 0 Å². The Labute approximate surface area is 97.5 Å². The van der Waals surface area contributed by atoms with E-state index in [0.29, 0.717) is 0 Å². The molecule has 2 aliphatic rings. The van der Waals surface area contributed by atoms with E-state index < -0.39 is 0 Å². The van der Waals surface area contributed by atoms with E-state index in [1.165, 1.54) is 43.6 Å². The molecule has 3 unspecified atom stereocenters. The normalized spacial score (nSPS) is 33.7. The van der Waals surface area contributed by atoms with E-state index in [-0.39, 0.29) is 0 Å². The van der Waals surface area contributed by atoms with Gasteiger partial charge in [-0.2, -0.15) is 0 Å². The standard InChI is InChI=1S/C14H20N2/c1-10-9-15-8-6-12(10)13-5-4-11-3-2-7-16-14(11)13/h2-3,7,10,12-13,15H,4-6,8-9H2,1H3. The Bertz CT molecular complexity index is 375. The maximum atomic E-state index is 4.63. The van der Waals surface area contributed by atoms with Crippen molar-refractivity contribution in [3.05, 3.63) is 29.6 Å². The second kappa shape index (κ2) is 4.17. The van der Waals surface area contributed by atoms with Crippen molar-refractivity contribution in [2.24, 2.45) is 11.8 Å². The summed E-state index contributed by atoms with van der Waals surface area (Å²) < 4.78 is 0. The maximum absolute atomic E-state index is 4.63. The number of aromatic nitrogens is 1. The molecule has 0 spiro atoms. The lowest BCUT2D eigenvalue weighted by molar-refractivity contribution is 0.228. The van der Waals surface area contributed by atoms with Crippen LogP contribution in [0.2, 0.25) is 0 Å². The molecule has 1 N–H and O–H groups in total. The molecular weight excluding hydrogens is 196 g/mol. The molecule has 1 saturated heterocycles. The van der Waals surface area contributed by atoms with Gasteiger partial charge in [-0.25, -0.2) is 0 Å². The molecule has 86 valence electrons. The topological polar surface area (TPSA) is 24.9 Å². The predicted molar refractivity (Wildman–Crippen MR) is 65.4 cm³/mol. The predicted octanol–water partition coefficient (Wildman–Crippen LogP) is 2.36. The van der Waals surface area contributed by atoms with Crippen LogP contribution in [-0.2, 0) is 6.42 Å². The van der Waals surface area contributed by atoms with Crippen molar-refractivity contribution in [2.75, 3.05) is 13.1 Å². The van der Waals surface area contributed by atoms with E-state index in [9.17, 15) is 0 Å². The van der Waals surface area contributed by atoms with Crippen LogP contribution < -0.4 is 5.32 Å². The van der Waals surface area contributed by atoms with Gasteiger partial charge >= 0.3 is 0 Å². The Balaban J connectivity index is 1.86. The lowest BCUT2D eigenvalue weighted by atomic mass is 9.77. The van der Waals surface area contributed by atoms with Crippen molar-refractivity contribution in [1.29, 1.82) is 0 Å². The van der Waals surface area contributed by atoms with Gasteiger partial charge in [0.05, 0.1) is 0 Å². The first kappa shape index (κ1) is 10.3. The molecule has 0 bridgehead atoms. The van der Waals surface area contributed by atoms with Crippen molar-refractivity contribution in [3.8, 4) is 0 Å². The summed E-state index contributed by atoms with van der Waals surface area (Å²) in [6, 6.07) is 4.33. The molecule has 1 aliphatic heterocycles. The van der Waals surface area contributed by atoms with Gasteiger partial charge in [0, 0.05) is 17.8 Å². The number of fused-ring (bicyclic) bond motifs is 1. The van der Waals surface area contributed by atoms with E-state index in [0.717, 1.165) is 17.8 Å². The van der Waals surface area contributed by atoms with Crippen LogP contribution in [0.1, 0.15) is 36.9 Å². The summed E-state index contributed by atoms with van der Waals surface area (Å²) in [6.07, 6.45) is 5.84. The minimum absolute atomic E-state index is 0.730. The van der Waals surface area contributed by atoms with Crippen LogP contribution in [0.25, 0.3) is 0 Å². The zero-order valence-corrected chi connectivity index (χ0v) is 9.95. The van der Waals surface area contributed by atoms with Gasteiger partial charge in [-0.05, 0) is 55.8 Å². The summed E-state index contributed by atoms with van der Waals surface area (Å²) in [5.74, 6) is 2.37. The Morgan fingerprint density at radius 1 is 1.38 bits per heavy atom. The molecule has 0 aromatic carbocycles. The Kier molecular flexibility index (Phi) is 2.68. The summed E-state index contributed by atoms with van der Waals surface area (Å²) in [4.78, 5) is 4.63. The Morgan fingerprint density at radius 2 is 2.31 bits per heavy atom. The fraction of sp³-hybridized carbons (Fsp3) is 0.643. The van der Waals surface area contributed by atoms with Crippen LogP contribution in [0.15, 0.2) is 18.3 Å². The van der Waals surface area contributed by atoms with Crippen molar-refractivity contribution in [1.82, 2.24) is 10.3 Å². The highest BCUT2D eigenvalue weighted by Gasteiger charge is 2.34. The van der Waals surface area contributed by atoms with Crippen LogP contribution in [0.5, 0.6) is 0 Å². The summed E-state index contributed by atoms with van der Waals surface area (Å²) >= 11 is 0. The number of piperidine rings is 1. The zero-order chi connectivity index (χ0) is 11.0. The van der Waals surface area contributed by atoms with E-state index in [2.05, 4.69) is 29.4 Å². The molecule has 1 aromatic rings. The Hall–Kier alpha value is -0.890. The van der Waals surface area contributed by atoms with E-state index >= 15 is 0 Å². The van der Waals surface area contributed by atoms with Crippen molar-refractivity contribution in [3.63, 3.8) is 0 Å². The van der Waals surface area contributed by atoms with E-state index in [1.54, 1.807) is 0 Å². The summed E-state index contributed by atoms with van der Waals surface area (Å²) in [6.45, 7) is 4.76. The van der Waals surface area contributed by atoms with Crippen molar-refractivity contribution in [2.45, 2.75) is 32.1 Å². The average molecular weight is 216 g/mol. The van der Waals surface area contributed by atoms with Crippen LogP contribution in [0, 0.1) is 11.8 Å². The minimum atomic E-state index is 0.730. The number of nitrogens with one attached hydrogen (secondary N) is 1. The fourth-order valence-electron chi connectivity index (χ4n) is 3.49. The average Bonchev–Trinajstić information content (AvgIpc) is 2.74. The summed E-state index contributed by atoms with van der Waals surface area (Å²) in [5.41, 5.74) is 2.90. The van der Waals surface area contributed by atoms with Gasteiger partial charge in [-0.3, -0.25) is 4.98 Å². The molecule has 0 amide bonds. The van der Waals surface area contributed by atoms with Gasteiger partial charge in [0.2, 0.25) is 0 Å². The number of hydrogen-bond donors (Lipinski definition) is 1. The highest BCUT2D eigenvalue weighted by atomic mass is 14.9. The lowest BCUT2D eigenvalue weighted by Crippen LogP contribution is -2.37. The molecule has 16 heavy (non-hydrogen) atoms. The van der Waals surface area contributed by atoms with Gasteiger partial charge in [-0.1, -0.05) is 13.0 Å². The third-order valence-corrected chi connectivity index (χ3v) is 4.37. The monoisotopic (exact) mass is 216 g/mol. The number of nitrogens with zero attached hydrogens (tertiary/aromatic N) is 1. The van der Waals surface area contributed by atoms with E-state index in [1.807, 2.05) is 6.20 Å². The number of hydrogen-bond acceptors (Lipinski definition) is 2. The highest BCUT2D eigenvalue weighted by Crippen LogP contribution is 2.42. The minimum Gasteiger partial charge on any atom is -0.316 e. The first-order valence-electron chi connectivity index (χ1n) is 6.51. The lowest BCUT2D eigenvalue weighted by Gasteiger charge is -2.34. The zero-order valence-electron chi connectivity index (χ0n) is 9.95. The summed E-state index contributed by atoms with van der Waals surface area (Å²) in [7, 11) is 0. The second-order valence-corrected chi connectivity index (χ2v) is 5.33. The largest absolute Gasteiger partial charge is 0.316 e. The van der Waals surface area contributed by atoms with Gasteiger partial charge in [0.15, 0.2) is 0 Å². The highest BCUT2D eigenvalue weighted by molar-refractivity contribution is 5.29. The molecule has 2 heteroatoms. The molecule has 0 radical (unpaired) electrons. The Morgan fingerprint density at radius 3 is 3.19 bits per heavy atom. The second-order valence-electron chi connectivity index (χ2n) is 5.33. The maximum Gasteiger partial charge on any atom is 0.0469 e. The smallest absolute Gasteiger partial charge is 0.0469 e. The molecule has 1 fully saturated rings. The van der Waals surface area contributed by atoms with Crippen molar-refractivity contribution < 1.29 is 0 Å². The SMILES string of the molecule is CC1CNCCC1C1CCc2cccnc21. The third-order valence-electron chi connectivity index (χ3n) is 4.37. The molecular formula is C14H20N2. The number of aryl methyl sites for hydroxylation is 1. The fourth-order valence-corrected chi connectivity index (χ4v) is 3.49. The van der Waals surface area contributed by atoms with Crippen LogP contribution >= 0.6 is 0 Å². The first-order chi connectivity index (χ1) is 7.86. The molecule has 1 aliphatic carbocycles. The third kappa shape index (κ3) is 1.65. The molecule has 1 aromatic heterocycles. The van der Waals surface area contributed by atoms with Gasteiger partial charge in [0.25, 0.3) is 0 Å². The first-order valence-corrected chi connectivity index (χ1v) is 6.51. The van der Waals surface area contributed by atoms with Gasteiger partial charge in [-0.15, -0.1) is 0 Å². The number of pyridine rings is 1. The van der Waals surface area contributed by atoms with Crippen LogP contribution in [-0.4, -0.2) is 18.1 Å². The molecule has 0 saturated carbocycles. The molecule has 2 heterocycles. The van der Waals surface area contributed by atoms with Crippen LogP contribution in [0.3, 0.4) is 0 Å². The van der Waals surface area contributed by atoms with Gasteiger partial charge in [0.1, 0.15) is 0 Å². The number of rotatable bonds is 1.